The van der Waals surface area contributed by atoms with Crippen molar-refractivity contribution >= 4 is 58.3 Å². The zero-order valence-corrected chi connectivity index (χ0v) is 26.4. The Kier molecular flexibility index (Phi) is 10.8. The van der Waals surface area contributed by atoms with Crippen LogP contribution in [0.5, 0.6) is 0 Å². The minimum absolute atomic E-state index is 0.0201. The molecule has 1 N–H and O–H groups in total. The van der Waals surface area contributed by atoms with Crippen LogP contribution in [-0.2, 0) is 39.6 Å². The van der Waals surface area contributed by atoms with Crippen molar-refractivity contribution in [1.82, 2.24) is 4.90 Å². The number of carbonyl (C=O) groups excluding carboxylic acids is 2. The molecule has 43 heavy (non-hydrogen) atoms. The molecule has 13 heteroatoms. The van der Waals surface area contributed by atoms with Crippen LogP contribution in [0.2, 0.25) is 20.1 Å². The Morgan fingerprint density at radius 3 is 2.05 bits per heavy atom. The van der Waals surface area contributed by atoms with Crippen molar-refractivity contribution in [3.8, 4) is 0 Å². The van der Waals surface area contributed by atoms with Gasteiger partial charge >= 0.3 is 5.97 Å². The van der Waals surface area contributed by atoms with Crippen LogP contribution < -0.4 is 0 Å². The molecule has 1 saturated heterocycles. The van der Waals surface area contributed by atoms with Gasteiger partial charge < -0.3 is 28.8 Å². The monoisotopic (exact) mass is 675 g/mol. The molecule has 2 aromatic carbocycles. The SMILES string of the molecule is O=C1CN2C(=O)c3c(Cl)c(Cl)c(Cl)c(Cl)c3[C@]2(O)[C@]2(c3ccccc3)CCCC[C@H]2OCCOCCOCCOCCO1. The molecule has 234 valence electrons. The van der Waals surface area contributed by atoms with Gasteiger partial charge in [-0.1, -0.05) is 89.6 Å². The highest BCUT2D eigenvalue weighted by Crippen LogP contribution is 2.61. The van der Waals surface area contributed by atoms with Crippen molar-refractivity contribution in [2.75, 3.05) is 59.4 Å². The molecule has 2 aliphatic heterocycles. The highest BCUT2D eigenvalue weighted by molar-refractivity contribution is 6.53. The van der Waals surface area contributed by atoms with Crippen LogP contribution in [-0.4, -0.2) is 87.4 Å². The Hall–Kier alpha value is -1.66. The van der Waals surface area contributed by atoms with E-state index in [9.17, 15) is 14.7 Å². The summed E-state index contributed by atoms with van der Waals surface area (Å²) in [6.07, 6.45) is 1.80. The summed E-state index contributed by atoms with van der Waals surface area (Å²) in [4.78, 5) is 28.5. The number of nitrogens with zero attached hydrogens (tertiary/aromatic N) is 1. The standard InChI is InChI=1S/C30H33Cl4NO8/c31-24-22-23(25(32)27(34)26(24)33)30(38)29(19-6-2-1-3-7-19)9-5-4-8-20(29)42-16-14-40-12-10-39-11-13-41-15-17-43-21(36)18-35(30)28(22)37/h1-3,6-7,20,38H,4-5,8-18H2/t20-,29+,30+/m1/s1. The molecule has 1 saturated carbocycles. The van der Waals surface area contributed by atoms with Gasteiger partial charge in [0.1, 0.15) is 13.2 Å². The maximum atomic E-state index is 14.2. The van der Waals surface area contributed by atoms with Gasteiger partial charge in [0.05, 0.1) is 83.4 Å². The van der Waals surface area contributed by atoms with Gasteiger partial charge in [0, 0.05) is 5.56 Å². The van der Waals surface area contributed by atoms with E-state index in [2.05, 4.69) is 0 Å². The second-order valence-electron chi connectivity index (χ2n) is 10.6. The Bertz CT molecular complexity index is 1330. The normalized spacial score (nSPS) is 28.1. The quantitative estimate of drug-likeness (QED) is 0.243. The number of cyclic esters (lactones) is 1. The number of hydrogen-bond donors (Lipinski definition) is 1. The number of ether oxygens (including phenoxy) is 5. The average molecular weight is 677 g/mol. The fourth-order valence-corrected chi connectivity index (χ4v) is 7.50. The Morgan fingerprint density at radius 1 is 0.767 bits per heavy atom. The molecule has 2 heterocycles. The van der Waals surface area contributed by atoms with E-state index in [4.69, 9.17) is 70.1 Å². The summed E-state index contributed by atoms with van der Waals surface area (Å²) in [5.74, 6) is -1.49. The van der Waals surface area contributed by atoms with E-state index in [1.165, 1.54) is 0 Å². The van der Waals surface area contributed by atoms with E-state index >= 15 is 0 Å². The van der Waals surface area contributed by atoms with Gasteiger partial charge in [0.15, 0.2) is 5.72 Å². The van der Waals surface area contributed by atoms with Gasteiger partial charge in [-0.15, -0.1) is 0 Å². The van der Waals surface area contributed by atoms with Gasteiger partial charge in [0.2, 0.25) is 0 Å². The van der Waals surface area contributed by atoms with Crippen LogP contribution >= 0.6 is 46.4 Å². The molecule has 0 aromatic heterocycles. The molecule has 0 spiro atoms. The summed E-state index contributed by atoms with van der Waals surface area (Å²) >= 11 is 26.4. The molecule has 3 atom stereocenters. The second-order valence-corrected chi connectivity index (χ2v) is 12.1. The van der Waals surface area contributed by atoms with Gasteiger partial charge in [-0.25, -0.2) is 0 Å². The van der Waals surface area contributed by atoms with Gasteiger partial charge in [-0.3, -0.25) is 14.5 Å². The lowest BCUT2D eigenvalue weighted by atomic mass is 9.59. The summed E-state index contributed by atoms with van der Waals surface area (Å²) in [5.41, 5.74) is -3.01. The molecule has 1 amide bonds. The van der Waals surface area contributed by atoms with Crippen molar-refractivity contribution in [1.29, 1.82) is 0 Å². The lowest BCUT2D eigenvalue weighted by Gasteiger charge is -2.55. The van der Waals surface area contributed by atoms with E-state index in [0.717, 1.165) is 11.3 Å². The number of benzene rings is 2. The maximum Gasteiger partial charge on any atom is 0.325 e. The number of carbonyl (C=O) groups is 2. The topological polar surface area (TPSA) is 104 Å². The van der Waals surface area contributed by atoms with Crippen LogP contribution in [0.4, 0.5) is 0 Å². The molecule has 3 aliphatic rings. The van der Waals surface area contributed by atoms with Crippen molar-refractivity contribution in [2.24, 2.45) is 0 Å². The van der Waals surface area contributed by atoms with Crippen molar-refractivity contribution in [2.45, 2.75) is 42.9 Å². The van der Waals surface area contributed by atoms with Crippen molar-refractivity contribution in [3.05, 3.63) is 67.1 Å². The number of esters is 1. The van der Waals surface area contributed by atoms with E-state index in [1.54, 1.807) is 0 Å². The number of rotatable bonds is 1. The zero-order valence-electron chi connectivity index (χ0n) is 23.4. The van der Waals surface area contributed by atoms with Gasteiger partial charge in [-0.2, -0.15) is 0 Å². The van der Waals surface area contributed by atoms with Gasteiger partial charge in [-0.05, 0) is 18.4 Å². The summed E-state index contributed by atoms with van der Waals surface area (Å²) in [5, 5.41) is 12.8. The van der Waals surface area contributed by atoms with Gasteiger partial charge in [0.25, 0.3) is 5.91 Å². The van der Waals surface area contributed by atoms with Crippen LogP contribution in [0.3, 0.4) is 0 Å². The van der Waals surface area contributed by atoms with E-state index in [0.29, 0.717) is 51.3 Å². The molecule has 5 rings (SSSR count). The number of hydrogen-bond acceptors (Lipinski definition) is 8. The zero-order chi connectivity index (χ0) is 30.6. The number of halogens is 4. The first-order chi connectivity index (χ1) is 20.7. The highest BCUT2D eigenvalue weighted by atomic mass is 35.5. The molecule has 0 unspecified atom stereocenters. The lowest BCUT2D eigenvalue weighted by Crippen LogP contribution is -2.65. The molecule has 1 aliphatic carbocycles. The van der Waals surface area contributed by atoms with Crippen LogP contribution in [0, 0.1) is 0 Å². The van der Waals surface area contributed by atoms with Crippen LogP contribution in [0.1, 0.15) is 47.2 Å². The predicted octanol–water partition coefficient (Wildman–Crippen LogP) is 5.40. The molecule has 0 radical (unpaired) electrons. The Morgan fingerprint density at radius 2 is 1.37 bits per heavy atom. The summed E-state index contributed by atoms with van der Waals surface area (Å²) in [7, 11) is 0. The molecule has 9 nitrogen and oxygen atoms in total. The minimum atomic E-state index is -2.24. The van der Waals surface area contributed by atoms with Crippen molar-refractivity contribution in [3.63, 3.8) is 0 Å². The van der Waals surface area contributed by atoms with Crippen LogP contribution in [0.15, 0.2) is 30.3 Å². The first-order valence-electron chi connectivity index (χ1n) is 14.2. The highest BCUT2D eigenvalue weighted by Gasteiger charge is 2.67. The number of fused-ring (bicyclic) bond motifs is 5. The lowest BCUT2D eigenvalue weighted by molar-refractivity contribution is -0.205. The molecular formula is C30H33Cl4NO8. The third-order valence-corrected chi connectivity index (χ3v) is 10.1. The van der Waals surface area contributed by atoms with Crippen LogP contribution in [0.25, 0.3) is 0 Å². The molecular weight excluding hydrogens is 644 g/mol. The maximum absolute atomic E-state index is 14.2. The fraction of sp³-hybridized carbons (Fsp3) is 0.533. The molecule has 2 fully saturated rings. The Labute approximate surface area is 270 Å². The molecule has 0 bridgehead atoms. The fourth-order valence-electron chi connectivity index (χ4n) is 6.44. The summed E-state index contributed by atoms with van der Waals surface area (Å²) in [6.45, 7) is 1.33. The largest absolute Gasteiger partial charge is 0.462 e. The molecule has 2 aromatic rings. The third-order valence-electron chi connectivity index (χ3n) is 8.28. The predicted molar refractivity (Wildman–Crippen MR) is 161 cm³/mol. The first-order valence-corrected chi connectivity index (χ1v) is 15.7. The minimum Gasteiger partial charge on any atom is -0.462 e. The summed E-state index contributed by atoms with van der Waals surface area (Å²) in [6, 6.07) is 9.28. The second kappa shape index (κ2) is 14.2. The van der Waals surface area contributed by atoms with Crippen molar-refractivity contribution < 1.29 is 38.4 Å². The average Bonchev–Trinajstić information content (AvgIpc) is 3.24. The number of amides is 1. The van der Waals surface area contributed by atoms with E-state index in [-0.39, 0.29) is 57.6 Å². The first kappa shape index (κ1) is 32.7. The smallest absolute Gasteiger partial charge is 0.325 e. The summed E-state index contributed by atoms with van der Waals surface area (Å²) < 4.78 is 28.6. The van der Waals surface area contributed by atoms with E-state index in [1.807, 2.05) is 30.3 Å². The Balaban J connectivity index is 1.70. The van der Waals surface area contributed by atoms with E-state index < -0.39 is 35.7 Å². The number of aliphatic hydroxyl groups is 1. The third kappa shape index (κ3) is 6.01.